The molecule has 1 heterocycles. The van der Waals surface area contributed by atoms with Crippen molar-refractivity contribution in [3.05, 3.63) is 30.1 Å². The number of fused-ring (bicyclic) bond motifs is 1. The van der Waals surface area contributed by atoms with Crippen LogP contribution in [0.25, 0.3) is 11.0 Å². The lowest BCUT2D eigenvalue weighted by Gasteiger charge is -2.15. The Balaban J connectivity index is 2.39. The van der Waals surface area contributed by atoms with Crippen LogP contribution in [0, 0.1) is 0 Å². The van der Waals surface area contributed by atoms with Gasteiger partial charge in [-0.1, -0.05) is 12.1 Å². The molecule has 2 rings (SSSR count). The lowest BCUT2D eigenvalue weighted by molar-refractivity contribution is -0.147. The van der Waals surface area contributed by atoms with Gasteiger partial charge in [-0.15, -0.1) is 0 Å². The summed E-state index contributed by atoms with van der Waals surface area (Å²) in [6.07, 6.45) is -6.33. The van der Waals surface area contributed by atoms with Gasteiger partial charge in [0.15, 0.2) is 0 Å². The standard InChI is InChI=1S/C13H13F3N2O3/c1-21-11(20)6-8(19)7-18-10-5-3-2-4-9(10)17-12(18)13(14,15)16/h2-5,8,19H,6-7H2,1H3/t8-/m1/s1. The number of alkyl halides is 3. The molecule has 0 aliphatic rings. The van der Waals surface area contributed by atoms with Crippen molar-refractivity contribution in [3.8, 4) is 0 Å². The van der Waals surface area contributed by atoms with Crippen LogP contribution in [0.3, 0.4) is 0 Å². The second kappa shape index (κ2) is 5.72. The second-order valence-electron chi connectivity index (χ2n) is 4.47. The van der Waals surface area contributed by atoms with E-state index in [2.05, 4.69) is 9.72 Å². The number of rotatable bonds is 4. The molecule has 0 amide bonds. The third-order valence-electron chi connectivity index (χ3n) is 2.93. The van der Waals surface area contributed by atoms with Crippen molar-refractivity contribution in [2.45, 2.75) is 25.2 Å². The van der Waals surface area contributed by atoms with Crippen LogP contribution < -0.4 is 0 Å². The summed E-state index contributed by atoms with van der Waals surface area (Å²) in [7, 11) is 1.14. The molecule has 0 aliphatic heterocycles. The summed E-state index contributed by atoms with van der Waals surface area (Å²) in [6, 6.07) is 6.08. The van der Waals surface area contributed by atoms with Gasteiger partial charge in [0.25, 0.3) is 0 Å². The van der Waals surface area contributed by atoms with Crippen molar-refractivity contribution in [3.63, 3.8) is 0 Å². The third-order valence-corrected chi connectivity index (χ3v) is 2.93. The number of ether oxygens (including phenoxy) is 1. The molecule has 0 aliphatic carbocycles. The van der Waals surface area contributed by atoms with Crippen molar-refractivity contribution in [2.24, 2.45) is 0 Å². The van der Waals surface area contributed by atoms with Crippen LogP contribution in [0.1, 0.15) is 12.2 Å². The fraction of sp³-hybridized carbons (Fsp3) is 0.385. The Morgan fingerprint density at radius 2 is 2.10 bits per heavy atom. The zero-order chi connectivity index (χ0) is 15.6. The number of imidazole rings is 1. The third kappa shape index (κ3) is 3.33. The largest absolute Gasteiger partial charge is 0.469 e. The van der Waals surface area contributed by atoms with Gasteiger partial charge in [0.2, 0.25) is 5.82 Å². The Morgan fingerprint density at radius 1 is 1.43 bits per heavy atom. The summed E-state index contributed by atoms with van der Waals surface area (Å²) in [6.45, 7) is -0.398. The summed E-state index contributed by atoms with van der Waals surface area (Å²) in [4.78, 5) is 14.6. The lowest BCUT2D eigenvalue weighted by Crippen LogP contribution is -2.24. The van der Waals surface area contributed by atoms with Gasteiger partial charge in [0, 0.05) is 0 Å². The molecular weight excluding hydrogens is 289 g/mol. The molecule has 21 heavy (non-hydrogen) atoms. The quantitative estimate of drug-likeness (QED) is 0.877. The van der Waals surface area contributed by atoms with Gasteiger partial charge in [-0.2, -0.15) is 13.2 Å². The fourth-order valence-electron chi connectivity index (χ4n) is 2.03. The number of carbonyl (C=O) groups excluding carboxylic acids is 1. The van der Waals surface area contributed by atoms with E-state index >= 15 is 0 Å². The van der Waals surface area contributed by atoms with Crippen LogP contribution in [-0.2, 0) is 22.3 Å². The number of nitrogens with zero attached hydrogens (tertiary/aromatic N) is 2. The van der Waals surface area contributed by atoms with Gasteiger partial charge in [0.1, 0.15) is 0 Å². The van der Waals surface area contributed by atoms with E-state index in [4.69, 9.17) is 0 Å². The first kappa shape index (κ1) is 15.3. The zero-order valence-corrected chi connectivity index (χ0v) is 11.1. The zero-order valence-electron chi connectivity index (χ0n) is 11.1. The molecule has 0 radical (unpaired) electrons. The highest BCUT2D eigenvalue weighted by atomic mass is 19.4. The average Bonchev–Trinajstić information content (AvgIpc) is 2.77. The topological polar surface area (TPSA) is 64.3 Å². The summed E-state index contributed by atoms with van der Waals surface area (Å²) >= 11 is 0. The highest BCUT2D eigenvalue weighted by Crippen LogP contribution is 2.31. The second-order valence-corrected chi connectivity index (χ2v) is 4.47. The first-order valence-corrected chi connectivity index (χ1v) is 6.10. The molecule has 0 fully saturated rings. The molecule has 2 aromatic rings. The maximum absolute atomic E-state index is 13.0. The van der Waals surface area contributed by atoms with E-state index in [0.717, 1.165) is 11.7 Å². The number of aliphatic hydroxyl groups excluding tert-OH is 1. The van der Waals surface area contributed by atoms with Crippen molar-refractivity contribution in [1.29, 1.82) is 0 Å². The molecule has 1 atom stereocenters. The number of aromatic nitrogens is 2. The summed E-state index contributed by atoms with van der Waals surface area (Å²) in [5.41, 5.74) is 0.420. The van der Waals surface area contributed by atoms with Gasteiger partial charge in [-0.3, -0.25) is 4.79 Å². The Hall–Kier alpha value is -2.09. The van der Waals surface area contributed by atoms with Crippen LogP contribution in [0.2, 0.25) is 0 Å². The van der Waals surface area contributed by atoms with E-state index in [1.54, 1.807) is 12.1 Å². The summed E-state index contributed by atoms with van der Waals surface area (Å²) in [5, 5.41) is 9.76. The number of esters is 1. The lowest BCUT2D eigenvalue weighted by atomic mass is 10.2. The van der Waals surface area contributed by atoms with Gasteiger partial charge in [0.05, 0.1) is 37.2 Å². The molecule has 0 unspecified atom stereocenters. The first-order chi connectivity index (χ1) is 9.82. The Bertz CT molecular complexity index is 652. The van der Waals surface area contributed by atoms with E-state index in [1.165, 1.54) is 12.1 Å². The number of methoxy groups -OCH3 is 1. The van der Waals surface area contributed by atoms with E-state index in [1.807, 2.05) is 0 Å². The predicted molar refractivity (Wildman–Crippen MR) is 67.4 cm³/mol. The smallest absolute Gasteiger partial charge is 0.449 e. The van der Waals surface area contributed by atoms with E-state index in [9.17, 15) is 23.1 Å². The van der Waals surface area contributed by atoms with Crippen LogP contribution in [-0.4, -0.2) is 33.8 Å². The highest BCUT2D eigenvalue weighted by molar-refractivity contribution is 5.76. The first-order valence-electron chi connectivity index (χ1n) is 6.10. The minimum Gasteiger partial charge on any atom is -0.469 e. The molecule has 114 valence electrons. The number of benzene rings is 1. The van der Waals surface area contributed by atoms with Crippen LogP contribution in [0.5, 0.6) is 0 Å². The number of hydrogen-bond donors (Lipinski definition) is 1. The molecule has 0 saturated heterocycles. The van der Waals surface area contributed by atoms with Gasteiger partial charge in [-0.25, -0.2) is 4.98 Å². The number of carbonyl (C=O) groups is 1. The Morgan fingerprint density at radius 3 is 2.71 bits per heavy atom. The van der Waals surface area contributed by atoms with E-state index < -0.39 is 30.6 Å². The normalized spacial score (nSPS) is 13.4. The van der Waals surface area contributed by atoms with Gasteiger partial charge in [-0.05, 0) is 12.1 Å². The SMILES string of the molecule is COC(=O)C[C@@H](O)Cn1c(C(F)(F)F)nc2ccccc21. The Labute approximate surface area is 118 Å². The summed E-state index contributed by atoms with van der Waals surface area (Å²) in [5.74, 6) is -1.80. The average molecular weight is 302 g/mol. The van der Waals surface area contributed by atoms with Gasteiger partial charge < -0.3 is 14.4 Å². The van der Waals surface area contributed by atoms with Crippen molar-refractivity contribution < 1.29 is 27.8 Å². The van der Waals surface area contributed by atoms with Crippen molar-refractivity contribution in [1.82, 2.24) is 9.55 Å². The molecule has 0 saturated carbocycles. The molecule has 0 spiro atoms. The van der Waals surface area contributed by atoms with Gasteiger partial charge >= 0.3 is 12.1 Å². The molecule has 1 N–H and O–H groups in total. The highest BCUT2D eigenvalue weighted by Gasteiger charge is 2.38. The molecule has 5 nitrogen and oxygen atoms in total. The number of para-hydroxylation sites is 2. The monoisotopic (exact) mass is 302 g/mol. The predicted octanol–water partition coefficient (Wildman–Crippen LogP) is 1.98. The van der Waals surface area contributed by atoms with Crippen LogP contribution >= 0.6 is 0 Å². The molecule has 8 heteroatoms. The van der Waals surface area contributed by atoms with E-state index in [0.29, 0.717) is 0 Å². The molecule has 0 bridgehead atoms. The summed E-state index contributed by atoms with van der Waals surface area (Å²) < 4.78 is 44.3. The number of halogens is 3. The maximum atomic E-state index is 13.0. The van der Waals surface area contributed by atoms with Crippen LogP contribution in [0.15, 0.2) is 24.3 Å². The minimum atomic E-state index is -4.65. The Kier molecular flexibility index (Phi) is 4.17. The van der Waals surface area contributed by atoms with Crippen LogP contribution in [0.4, 0.5) is 13.2 Å². The van der Waals surface area contributed by atoms with Crippen molar-refractivity contribution in [2.75, 3.05) is 7.11 Å². The number of aliphatic hydroxyl groups is 1. The maximum Gasteiger partial charge on any atom is 0.449 e. The number of hydrogen-bond acceptors (Lipinski definition) is 4. The fourth-order valence-corrected chi connectivity index (χ4v) is 2.03. The molecular formula is C13H13F3N2O3. The van der Waals surface area contributed by atoms with Crippen molar-refractivity contribution >= 4 is 17.0 Å². The molecule has 1 aromatic carbocycles. The van der Waals surface area contributed by atoms with E-state index in [-0.39, 0.29) is 17.5 Å². The molecule has 1 aromatic heterocycles. The minimum absolute atomic E-state index is 0.176.